The highest BCUT2D eigenvalue weighted by Crippen LogP contribution is 2.23. The number of anilines is 1. The number of nitrogens with two attached hydrogens (primary N) is 1. The summed E-state index contributed by atoms with van der Waals surface area (Å²) in [7, 11) is 1.91. The van der Waals surface area contributed by atoms with E-state index in [2.05, 4.69) is 28.0 Å². The molecule has 0 saturated carbocycles. The number of aryl methyl sites for hydroxylation is 1. The normalized spacial score (nSPS) is 10.5. The lowest BCUT2D eigenvalue weighted by Crippen LogP contribution is -1.97. The minimum Gasteiger partial charge on any atom is -0.381 e. The molecule has 1 aromatic heterocycles. The average Bonchev–Trinajstić information content (AvgIpc) is 2.17. The highest BCUT2D eigenvalue weighted by atomic mass is 79.9. The standard InChI is InChI=1S/C7H12BrN3/c1-3-4-5-6(8)7(9)10-11(5)2/h3-4H2,1-2H3,(H2,9,10). The third-order valence-corrected chi connectivity index (χ3v) is 2.48. The number of halogens is 1. The molecule has 0 amide bonds. The van der Waals surface area contributed by atoms with Gasteiger partial charge in [0.1, 0.15) is 0 Å². The molecule has 0 unspecified atom stereocenters. The molecule has 0 atom stereocenters. The van der Waals surface area contributed by atoms with E-state index in [1.54, 1.807) is 0 Å². The van der Waals surface area contributed by atoms with Gasteiger partial charge in [0.15, 0.2) is 5.82 Å². The van der Waals surface area contributed by atoms with Crippen LogP contribution in [0.4, 0.5) is 5.82 Å². The van der Waals surface area contributed by atoms with Crippen molar-refractivity contribution in [3.8, 4) is 0 Å². The van der Waals surface area contributed by atoms with Gasteiger partial charge in [-0.25, -0.2) is 0 Å². The average molecular weight is 218 g/mol. The summed E-state index contributed by atoms with van der Waals surface area (Å²) < 4.78 is 2.77. The van der Waals surface area contributed by atoms with Crippen LogP contribution in [0.15, 0.2) is 4.47 Å². The second-order valence-electron chi connectivity index (χ2n) is 2.52. The first-order valence-corrected chi connectivity index (χ1v) is 4.43. The molecule has 0 spiro atoms. The number of rotatable bonds is 2. The van der Waals surface area contributed by atoms with E-state index >= 15 is 0 Å². The predicted octanol–water partition coefficient (Wildman–Crippen LogP) is 1.72. The fourth-order valence-electron chi connectivity index (χ4n) is 1.06. The van der Waals surface area contributed by atoms with Crippen LogP contribution in [0.25, 0.3) is 0 Å². The third kappa shape index (κ3) is 1.56. The van der Waals surface area contributed by atoms with E-state index in [0.717, 1.165) is 17.3 Å². The van der Waals surface area contributed by atoms with Gasteiger partial charge in [0.2, 0.25) is 0 Å². The Morgan fingerprint density at radius 1 is 1.64 bits per heavy atom. The van der Waals surface area contributed by atoms with Gasteiger partial charge in [0.25, 0.3) is 0 Å². The van der Waals surface area contributed by atoms with E-state index in [1.165, 1.54) is 5.69 Å². The van der Waals surface area contributed by atoms with Crippen molar-refractivity contribution in [2.75, 3.05) is 5.73 Å². The zero-order valence-corrected chi connectivity index (χ0v) is 8.35. The van der Waals surface area contributed by atoms with Gasteiger partial charge in [0.05, 0.1) is 10.2 Å². The van der Waals surface area contributed by atoms with Crippen LogP contribution in [0.1, 0.15) is 19.0 Å². The largest absolute Gasteiger partial charge is 0.381 e. The van der Waals surface area contributed by atoms with Gasteiger partial charge in [-0.2, -0.15) is 5.10 Å². The minimum atomic E-state index is 0.580. The molecular formula is C7H12BrN3. The lowest BCUT2D eigenvalue weighted by atomic mass is 10.2. The molecule has 0 radical (unpaired) electrons. The molecular weight excluding hydrogens is 206 g/mol. The molecule has 0 aliphatic carbocycles. The van der Waals surface area contributed by atoms with Crippen molar-refractivity contribution in [2.24, 2.45) is 7.05 Å². The van der Waals surface area contributed by atoms with Crippen LogP contribution >= 0.6 is 15.9 Å². The predicted molar refractivity (Wildman–Crippen MR) is 49.3 cm³/mol. The fourth-order valence-corrected chi connectivity index (χ4v) is 1.60. The lowest BCUT2D eigenvalue weighted by Gasteiger charge is -1.98. The fraction of sp³-hybridized carbons (Fsp3) is 0.571. The molecule has 1 aromatic rings. The molecule has 0 aromatic carbocycles. The van der Waals surface area contributed by atoms with Gasteiger partial charge < -0.3 is 5.73 Å². The molecule has 0 aliphatic heterocycles. The van der Waals surface area contributed by atoms with Crippen molar-refractivity contribution in [1.29, 1.82) is 0 Å². The molecule has 2 N–H and O–H groups in total. The Morgan fingerprint density at radius 3 is 2.64 bits per heavy atom. The monoisotopic (exact) mass is 217 g/mol. The highest BCUT2D eigenvalue weighted by molar-refractivity contribution is 9.10. The Labute approximate surface area is 74.7 Å². The number of nitrogens with zero attached hydrogens (tertiary/aromatic N) is 2. The first kappa shape index (κ1) is 8.59. The maximum absolute atomic E-state index is 5.59. The summed E-state index contributed by atoms with van der Waals surface area (Å²) in [5.41, 5.74) is 6.76. The second kappa shape index (κ2) is 3.26. The van der Waals surface area contributed by atoms with Crippen molar-refractivity contribution in [3.05, 3.63) is 10.2 Å². The van der Waals surface area contributed by atoms with Gasteiger partial charge in [-0.15, -0.1) is 0 Å². The van der Waals surface area contributed by atoms with Gasteiger partial charge in [-0.1, -0.05) is 13.3 Å². The number of aromatic nitrogens is 2. The van der Waals surface area contributed by atoms with Crippen LogP contribution in [0.3, 0.4) is 0 Å². The van der Waals surface area contributed by atoms with Crippen molar-refractivity contribution in [1.82, 2.24) is 9.78 Å². The third-order valence-electron chi connectivity index (χ3n) is 1.61. The van der Waals surface area contributed by atoms with Crippen molar-refractivity contribution in [3.63, 3.8) is 0 Å². The zero-order chi connectivity index (χ0) is 8.43. The van der Waals surface area contributed by atoms with E-state index in [4.69, 9.17) is 5.73 Å². The second-order valence-corrected chi connectivity index (χ2v) is 3.31. The Bertz CT molecular complexity index is 254. The van der Waals surface area contributed by atoms with Gasteiger partial charge in [-0.3, -0.25) is 4.68 Å². The highest BCUT2D eigenvalue weighted by Gasteiger charge is 2.08. The van der Waals surface area contributed by atoms with Crippen LogP contribution in [0.5, 0.6) is 0 Å². The minimum absolute atomic E-state index is 0.580. The summed E-state index contributed by atoms with van der Waals surface area (Å²) in [6.07, 6.45) is 2.12. The molecule has 62 valence electrons. The molecule has 0 aliphatic rings. The summed E-state index contributed by atoms with van der Waals surface area (Å²) in [5, 5.41) is 4.08. The van der Waals surface area contributed by atoms with Crippen molar-refractivity contribution >= 4 is 21.7 Å². The van der Waals surface area contributed by atoms with E-state index in [9.17, 15) is 0 Å². The van der Waals surface area contributed by atoms with E-state index in [0.29, 0.717) is 5.82 Å². The molecule has 0 saturated heterocycles. The summed E-state index contributed by atoms with van der Waals surface area (Å²) in [4.78, 5) is 0. The van der Waals surface area contributed by atoms with Gasteiger partial charge in [0, 0.05) is 7.05 Å². The summed E-state index contributed by atoms with van der Waals surface area (Å²) >= 11 is 3.39. The van der Waals surface area contributed by atoms with Gasteiger partial charge >= 0.3 is 0 Å². The number of nitrogen functional groups attached to an aromatic ring is 1. The Morgan fingerprint density at radius 2 is 2.27 bits per heavy atom. The smallest absolute Gasteiger partial charge is 0.160 e. The summed E-state index contributed by atoms with van der Waals surface area (Å²) in [6.45, 7) is 2.13. The molecule has 0 bridgehead atoms. The molecule has 0 fully saturated rings. The zero-order valence-electron chi connectivity index (χ0n) is 6.76. The molecule has 4 heteroatoms. The number of hydrogen-bond acceptors (Lipinski definition) is 2. The number of hydrogen-bond donors (Lipinski definition) is 1. The van der Waals surface area contributed by atoms with Crippen molar-refractivity contribution in [2.45, 2.75) is 19.8 Å². The lowest BCUT2D eigenvalue weighted by molar-refractivity contribution is 0.698. The van der Waals surface area contributed by atoms with E-state index in [-0.39, 0.29) is 0 Å². The van der Waals surface area contributed by atoms with E-state index in [1.807, 2.05) is 11.7 Å². The first-order valence-electron chi connectivity index (χ1n) is 3.63. The quantitative estimate of drug-likeness (QED) is 0.821. The maximum atomic E-state index is 5.59. The Kier molecular flexibility index (Phi) is 2.54. The summed E-state index contributed by atoms with van der Waals surface area (Å²) in [5.74, 6) is 0.580. The van der Waals surface area contributed by atoms with E-state index < -0.39 is 0 Å². The molecule has 1 rings (SSSR count). The Hall–Kier alpha value is -0.510. The Balaban J connectivity index is 3.02. The topological polar surface area (TPSA) is 43.8 Å². The van der Waals surface area contributed by atoms with Crippen LogP contribution in [0.2, 0.25) is 0 Å². The maximum Gasteiger partial charge on any atom is 0.160 e. The van der Waals surface area contributed by atoms with Crippen molar-refractivity contribution < 1.29 is 0 Å². The van der Waals surface area contributed by atoms with Crippen LogP contribution in [0, 0.1) is 0 Å². The summed E-state index contributed by atoms with van der Waals surface area (Å²) in [6, 6.07) is 0. The van der Waals surface area contributed by atoms with Crippen LogP contribution in [-0.4, -0.2) is 9.78 Å². The molecule has 1 heterocycles. The van der Waals surface area contributed by atoms with Gasteiger partial charge in [-0.05, 0) is 22.4 Å². The SMILES string of the molecule is CCCc1c(Br)c(N)nn1C. The van der Waals surface area contributed by atoms with Crippen LogP contribution in [-0.2, 0) is 13.5 Å². The molecule has 11 heavy (non-hydrogen) atoms. The molecule has 3 nitrogen and oxygen atoms in total. The van der Waals surface area contributed by atoms with Crippen LogP contribution < -0.4 is 5.73 Å². The first-order chi connectivity index (χ1) is 5.16.